The zero-order valence-electron chi connectivity index (χ0n) is 33.2. The zero-order chi connectivity index (χ0) is 36.3. The van der Waals surface area contributed by atoms with Gasteiger partial charge in [0, 0.05) is 5.41 Å². The number of hydrogen-bond acceptors (Lipinski definition) is 0. The monoisotopic (exact) mass is 814 g/mol. The fourth-order valence-corrected chi connectivity index (χ4v) is 9.64. The van der Waals surface area contributed by atoms with Crippen molar-refractivity contribution in [2.24, 2.45) is 0 Å². The number of allylic oxidation sites excluding steroid dienone is 4. The van der Waals surface area contributed by atoms with E-state index in [4.69, 9.17) is 0 Å². The molecule has 5 aromatic carbocycles. The molecule has 274 valence electrons. The van der Waals surface area contributed by atoms with E-state index >= 15 is 0 Å². The molecule has 0 saturated heterocycles. The van der Waals surface area contributed by atoms with Crippen LogP contribution in [0, 0.1) is 13.0 Å². The van der Waals surface area contributed by atoms with Gasteiger partial charge in [-0.3, -0.25) is 6.08 Å². The summed E-state index contributed by atoms with van der Waals surface area (Å²) in [5.41, 5.74) is 19.4. The van der Waals surface area contributed by atoms with E-state index in [1.165, 1.54) is 137 Å². The van der Waals surface area contributed by atoms with Crippen LogP contribution >= 0.6 is 0 Å². The minimum absolute atomic E-state index is 0. The molecule has 0 heterocycles. The van der Waals surface area contributed by atoms with Crippen molar-refractivity contribution in [1.29, 1.82) is 0 Å². The van der Waals surface area contributed by atoms with Gasteiger partial charge in [-0.1, -0.05) is 110 Å². The van der Waals surface area contributed by atoms with E-state index in [2.05, 4.69) is 159 Å². The summed E-state index contributed by atoms with van der Waals surface area (Å²) in [4.78, 5) is 0. The Balaban J connectivity index is 0.000000165. The molecule has 0 spiro atoms. The molecule has 53 heavy (non-hydrogen) atoms. The molecule has 0 N–H and O–H groups in total. The fraction of sp³-hybridized carbons (Fsp3) is 0.360. The number of benzene rings is 4. The molecule has 0 radical (unpaired) electrons. The van der Waals surface area contributed by atoms with Gasteiger partial charge in [0.2, 0.25) is 0 Å². The summed E-state index contributed by atoms with van der Waals surface area (Å²) in [6.07, 6.45) is 14.2. The molecule has 0 amide bonds. The average Bonchev–Trinajstić information content (AvgIpc) is 3.81. The Morgan fingerprint density at radius 2 is 1.32 bits per heavy atom. The Morgan fingerprint density at radius 1 is 0.698 bits per heavy atom. The second kappa shape index (κ2) is 15.8. The van der Waals surface area contributed by atoms with Crippen molar-refractivity contribution < 1.29 is 49.0 Å². The van der Waals surface area contributed by atoms with Crippen molar-refractivity contribution in [2.75, 3.05) is 0 Å². The molecule has 0 aliphatic heterocycles. The van der Waals surface area contributed by atoms with Crippen LogP contribution in [0.4, 0.5) is 0 Å². The van der Waals surface area contributed by atoms with E-state index in [0.717, 1.165) is 6.42 Å². The smallest absolute Gasteiger partial charge is 0.0533 e. The van der Waals surface area contributed by atoms with Crippen LogP contribution in [0.1, 0.15) is 138 Å². The maximum Gasteiger partial charge on any atom is -0.0533 e. The van der Waals surface area contributed by atoms with E-state index in [1.807, 2.05) is 0 Å². The second-order valence-corrected chi connectivity index (χ2v) is 19.0. The summed E-state index contributed by atoms with van der Waals surface area (Å²) >= 11 is 1.50. The molecule has 3 heteroatoms. The third-order valence-electron chi connectivity index (χ3n) is 12.2. The van der Waals surface area contributed by atoms with Gasteiger partial charge in [0.05, 0.1) is 0 Å². The molecular formula is C50H54Cl2Zr-2. The third-order valence-corrected chi connectivity index (χ3v) is 12.9. The van der Waals surface area contributed by atoms with Crippen LogP contribution in [0.25, 0.3) is 33.0 Å². The summed E-state index contributed by atoms with van der Waals surface area (Å²) < 4.78 is 1.46. The zero-order valence-corrected chi connectivity index (χ0v) is 37.1. The first-order valence-corrected chi connectivity index (χ1v) is 20.3. The summed E-state index contributed by atoms with van der Waals surface area (Å²) in [5.74, 6) is 0. The van der Waals surface area contributed by atoms with Crippen molar-refractivity contribution in [3.8, 4) is 11.1 Å². The van der Waals surface area contributed by atoms with Gasteiger partial charge in [0.25, 0.3) is 0 Å². The Labute approximate surface area is 347 Å². The van der Waals surface area contributed by atoms with Gasteiger partial charge < -0.3 is 24.8 Å². The molecular weight excluding hydrogens is 763 g/mol. The normalized spacial score (nSPS) is 17.6. The molecule has 0 nitrogen and oxygen atoms in total. The van der Waals surface area contributed by atoms with Gasteiger partial charge in [-0.15, -0.1) is 11.6 Å². The van der Waals surface area contributed by atoms with E-state index < -0.39 is 0 Å². The Kier molecular flexibility index (Phi) is 12.4. The third kappa shape index (κ3) is 8.16. The molecule has 0 unspecified atom stereocenters. The van der Waals surface area contributed by atoms with Crippen LogP contribution < -0.4 is 24.8 Å². The second-order valence-electron chi connectivity index (χ2n) is 17.2. The summed E-state index contributed by atoms with van der Waals surface area (Å²) in [7, 11) is 0. The van der Waals surface area contributed by atoms with Gasteiger partial charge in [-0.05, 0) is 58.4 Å². The topological polar surface area (TPSA) is 0 Å². The van der Waals surface area contributed by atoms with Crippen molar-refractivity contribution in [3.63, 3.8) is 0 Å². The standard InChI is InChI=1S/C25H25.C13H19.C12H10.2ClH.Zr/c1-14-12-24(3,4)22-8-16-7-17-9-23-19(15(2)13-25(23,5)6)11-21(17)20(16)10-18(14)22;1-11-6-7-12(10-11)13(2)8-4-3-5-9-13;1-2-10-7-8-11-5-3-4-6-12(11)9-10;;;/h8-12H,7H2,1-6H3;6-7,10H,3-5,8-9H2,1-2H3;3-9H,1H3;2*1H;/q2*-1;;;;+2/p-2. The SMILES string of the molecule is CC1=[C-]C(C)(C)c2cc3c(cc21)-c1cc2c(cc1C3)C(C)(C)C=C2C.C[C](=[Zr+2])c1ccc2ccccc2c1.Cc1cc(C2(C)CCCCC2)c[cH-]1.[Cl-].[Cl-]. The van der Waals surface area contributed by atoms with Crippen molar-refractivity contribution in [1.82, 2.24) is 0 Å². The predicted molar refractivity (Wildman–Crippen MR) is 218 cm³/mol. The number of hydrogen-bond donors (Lipinski definition) is 0. The molecule has 1 saturated carbocycles. The van der Waals surface area contributed by atoms with E-state index in [0.29, 0.717) is 5.41 Å². The van der Waals surface area contributed by atoms with E-state index in [-0.39, 0.29) is 35.6 Å². The van der Waals surface area contributed by atoms with Crippen LogP contribution in [-0.2, 0) is 46.9 Å². The summed E-state index contributed by atoms with van der Waals surface area (Å²) in [6.45, 7) is 20.5. The molecule has 1 fully saturated rings. The number of halogens is 2. The number of rotatable bonds is 2. The van der Waals surface area contributed by atoms with Gasteiger partial charge >= 0.3 is 93.2 Å². The maximum absolute atomic E-state index is 3.65. The molecule has 5 aromatic rings. The van der Waals surface area contributed by atoms with Crippen molar-refractivity contribution >= 4 is 25.1 Å². The van der Waals surface area contributed by atoms with Crippen LogP contribution in [-0.4, -0.2) is 3.21 Å². The minimum Gasteiger partial charge on any atom is -1.00 e. The summed E-state index contributed by atoms with van der Waals surface area (Å²) in [6, 6.07) is 31.9. The maximum atomic E-state index is 3.65. The molecule has 0 bridgehead atoms. The number of aryl methyl sites for hydroxylation is 1. The van der Waals surface area contributed by atoms with Gasteiger partial charge in [0.1, 0.15) is 0 Å². The quantitative estimate of drug-likeness (QED) is 0.161. The first-order chi connectivity index (χ1) is 24.1. The van der Waals surface area contributed by atoms with Crippen LogP contribution in [0.15, 0.2) is 91.0 Å². The van der Waals surface area contributed by atoms with Crippen molar-refractivity contribution in [2.45, 2.75) is 117 Å². The van der Waals surface area contributed by atoms with E-state index in [9.17, 15) is 0 Å². The van der Waals surface area contributed by atoms with Gasteiger partial charge in [-0.2, -0.15) is 28.8 Å². The molecule has 4 aliphatic rings. The van der Waals surface area contributed by atoms with Crippen LogP contribution in [0.2, 0.25) is 0 Å². The Bertz CT molecular complexity index is 2150. The summed E-state index contributed by atoms with van der Waals surface area (Å²) in [5, 5.41) is 2.66. The molecule has 0 aromatic heterocycles. The van der Waals surface area contributed by atoms with Crippen LogP contribution in [0.5, 0.6) is 0 Å². The predicted octanol–water partition coefficient (Wildman–Crippen LogP) is 7.32. The fourth-order valence-electron chi connectivity index (χ4n) is 9.26. The van der Waals surface area contributed by atoms with Crippen LogP contribution in [0.3, 0.4) is 0 Å². The average molecular weight is 817 g/mol. The Morgan fingerprint density at radius 3 is 1.94 bits per heavy atom. The molecule has 4 aliphatic carbocycles. The largest absolute Gasteiger partial charge is 1.00 e. The van der Waals surface area contributed by atoms with Gasteiger partial charge in [0.15, 0.2) is 0 Å². The van der Waals surface area contributed by atoms with Crippen molar-refractivity contribution in [3.05, 3.63) is 147 Å². The Hall–Kier alpha value is -2.70. The molecule has 9 rings (SSSR count). The van der Waals surface area contributed by atoms with E-state index in [1.54, 1.807) is 5.56 Å². The first kappa shape index (κ1) is 41.5. The van der Waals surface area contributed by atoms with Gasteiger partial charge in [-0.25, -0.2) is 11.6 Å². The number of fused-ring (bicyclic) bond motifs is 6. The minimum atomic E-state index is 0. The molecule has 0 atom stereocenters. The first-order valence-electron chi connectivity index (χ1n) is 19.1.